The van der Waals surface area contributed by atoms with Crippen molar-refractivity contribution in [3.63, 3.8) is 0 Å². The van der Waals surface area contributed by atoms with Gasteiger partial charge in [-0.3, -0.25) is 0 Å². The minimum atomic E-state index is -1.89. The van der Waals surface area contributed by atoms with Gasteiger partial charge < -0.3 is 14.4 Å². The molecule has 0 bridgehead atoms. The minimum Gasteiger partial charge on any atom is -0.380 e. The maximum atomic E-state index is 14.6. The molecular weight excluding hydrogens is 432 g/mol. The Morgan fingerprint density at radius 2 is 2.00 bits per heavy atom. The lowest BCUT2D eigenvalue weighted by atomic mass is 9.88. The van der Waals surface area contributed by atoms with Gasteiger partial charge in [-0.1, -0.05) is 23.4 Å². The van der Waals surface area contributed by atoms with Crippen molar-refractivity contribution in [2.45, 2.75) is 31.8 Å². The van der Waals surface area contributed by atoms with Crippen LogP contribution in [0.5, 0.6) is 0 Å². The number of benzene rings is 2. The molecule has 2 atom stereocenters. The molecule has 0 aliphatic heterocycles. The van der Waals surface area contributed by atoms with Gasteiger partial charge in [0.1, 0.15) is 42.2 Å². The Bertz CT molecular complexity index is 1270. The Balaban J connectivity index is 1.53. The Kier molecular flexibility index (Phi) is 6.26. The van der Waals surface area contributed by atoms with Crippen molar-refractivity contribution in [2.24, 2.45) is 0 Å². The predicted molar refractivity (Wildman–Crippen MR) is 111 cm³/mol. The van der Waals surface area contributed by atoms with E-state index in [9.17, 15) is 13.9 Å². The largest absolute Gasteiger partial charge is 0.380 e. The SMILES string of the molecule is C[C@@H](OCc1cc(-c2ccc(C#N)cc2)no1)C(O)(Cn1cncn1)c1ccc(F)cc1F. The van der Waals surface area contributed by atoms with Gasteiger partial charge in [0.05, 0.1) is 24.3 Å². The zero-order valence-corrected chi connectivity index (χ0v) is 17.5. The fourth-order valence-electron chi connectivity index (χ4n) is 3.41. The van der Waals surface area contributed by atoms with Crippen LogP contribution in [0.4, 0.5) is 8.78 Å². The van der Waals surface area contributed by atoms with Crippen LogP contribution in [-0.4, -0.2) is 31.1 Å². The first-order valence-electron chi connectivity index (χ1n) is 9.97. The number of hydrogen-bond acceptors (Lipinski definition) is 7. The molecule has 0 aliphatic carbocycles. The number of hydrogen-bond donors (Lipinski definition) is 1. The summed E-state index contributed by atoms with van der Waals surface area (Å²) in [5, 5.41) is 28.3. The smallest absolute Gasteiger partial charge is 0.163 e. The molecule has 1 unspecified atom stereocenters. The highest BCUT2D eigenvalue weighted by molar-refractivity contribution is 5.59. The molecule has 0 aliphatic rings. The van der Waals surface area contributed by atoms with Crippen LogP contribution in [0.25, 0.3) is 11.3 Å². The summed E-state index contributed by atoms with van der Waals surface area (Å²) in [5.41, 5.74) is -0.190. The third-order valence-corrected chi connectivity index (χ3v) is 5.28. The van der Waals surface area contributed by atoms with Crippen molar-refractivity contribution in [3.05, 3.63) is 89.7 Å². The highest BCUT2D eigenvalue weighted by Crippen LogP contribution is 2.32. The number of ether oxygens (including phenoxy) is 1. The summed E-state index contributed by atoms with van der Waals surface area (Å²) >= 11 is 0. The minimum absolute atomic E-state index is 0.0626. The van der Waals surface area contributed by atoms with Crippen molar-refractivity contribution in [2.75, 3.05) is 0 Å². The molecule has 2 aromatic carbocycles. The molecule has 10 heteroatoms. The second kappa shape index (κ2) is 9.28. The number of aromatic nitrogens is 4. The van der Waals surface area contributed by atoms with Crippen LogP contribution in [-0.2, 0) is 23.5 Å². The number of nitrogens with zero attached hydrogens (tertiary/aromatic N) is 5. The number of aliphatic hydroxyl groups is 1. The molecule has 4 aromatic rings. The van der Waals surface area contributed by atoms with E-state index in [1.807, 2.05) is 6.07 Å². The molecule has 0 saturated carbocycles. The molecule has 0 fully saturated rings. The molecule has 168 valence electrons. The molecule has 0 amide bonds. The standard InChI is InChI=1S/C23H19F2N5O3/c1-15(32-11-19-9-22(29-33-19)17-4-2-16(10-26)3-5-17)23(31,12-30-14-27-13-28-30)20-7-6-18(24)8-21(20)25/h2-9,13-15,31H,11-12H2,1H3/t15-,23?/m1/s1. The molecule has 4 rings (SSSR count). The van der Waals surface area contributed by atoms with Gasteiger partial charge in [0.25, 0.3) is 0 Å². The predicted octanol–water partition coefficient (Wildman–Crippen LogP) is 3.58. The zero-order chi connectivity index (χ0) is 23.4. The van der Waals surface area contributed by atoms with Gasteiger partial charge in [0.15, 0.2) is 5.76 Å². The summed E-state index contributed by atoms with van der Waals surface area (Å²) in [5.74, 6) is -1.29. The summed E-state index contributed by atoms with van der Waals surface area (Å²) in [6, 6.07) is 13.5. The van der Waals surface area contributed by atoms with Crippen LogP contribution in [0, 0.1) is 23.0 Å². The van der Waals surface area contributed by atoms with E-state index < -0.39 is 23.3 Å². The second-order valence-electron chi connectivity index (χ2n) is 7.46. The van der Waals surface area contributed by atoms with Crippen LogP contribution in [0.1, 0.15) is 23.8 Å². The van der Waals surface area contributed by atoms with Gasteiger partial charge in [-0.15, -0.1) is 0 Å². The van der Waals surface area contributed by atoms with E-state index in [-0.39, 0.29) is 18.7 Å². The van der Waals surface area contributed by atoms with Crippen molar-refractivity contribution >= 4 is 0 Å². The molecule has 8 nitrogen and oxygen atoms in total. The molecule has 2 heterocycles. The van der Waals surface area contributed by atoms with Crippen molar-refractivity contribution in [3.8, 4) is 17.3 Å². The fraction of sp³-hybridized carbons (Fsp3) is 0.217. The molecule has 0 saturated heterocycles. The Morgan fingerprint density at radius 3 is 2.67 bits per heavy atom. The maximum Gasteiger partial charge on any atom is 0.163 e. The number of nitriles is 1. The topological polar surface area (TPSA) is 110 Å². The number of rotatable bonds is 8. The zero-order valence-electron chi connectivity index (χ0n) is 17.5. The van der Waals surface area contributed by atoms with Gasteiger partial charge in [-0.2, -0.15) is 10.4 Å². The lowest BCUT2D eigenvalue weighted by Gasteiger charge is -2.34. The first-order chi connectivity index (χ1) is 15.9. The Morgan fingerprint density at radius 1 is 1.21 bits per heavy atom. The van der Waals surface area contributed by atoms with Crippen LogP contribution in [0.15, 0.2) is 65.7 Å². The fourth-order valence-corrected chi connectivity index (χ4v) is 3.41. The lowest BCUT2D eigenvalue weighted by Crippen LogP contribution is -2.44. The van der Waals surface area contributed by atoms with E-state index in [1.54, 1.807) is 37.3 Å². The first kappa shape index (κ1) is 22.3. The Hall–Kier alpha value is -3.94. The van der Waals surface area contributed by atoms with Gasteiger partial charge >= 0.3 is 0 Å². The van der Waals surface area contributed by atoms with Crippen molar-refractivity contribution in [1.82, 2.24) is 19.9 Å². The van der Waals surface area contributed by atoms with Crippen LogP contribution in [0.3, 0.4) is 0 Å². The van der Waals surface area contributed by atoms with Crippen LogP contribution < -0.4 is 0 Å². The summed E-state index contributed by atoms with van der Waals surface area (Å²) in [6.07, 6.45) is 1.70. The summed E-state index contributed by atoms with van der Waals surface area (Å²) in [7, 11) is 0. The highest BCUT2D eigenvalue weighted by atomic mass is 19.1. The monoisotopic (exact) mass is 451 g/mol. The average molecular weight is 451 g/mol. The van der Waals surface area contributed by atoms with Gasteiger partial charge in [0, 0.05) is 23.3 Å². The Labute approximate surface area is 187 Å². The van der Waals surface area contributed by atoms with E-state index in [1.165, 1.54) is 23.4 Å². The first-order valence-corrected chi connectivity index (χ1v) is 9.97. The van der Waals surface area contributed by atoms with Crippen molar-refractivity contribution in [1.29, 1.82) is 5.26 Å². The van der Waals surface area contributed by atoms with E-state index in [0.717, 1.165) is 11.6 Å². The van der Waals surface area contributed by atoms with Crippen LogP contribution in [0.2, 0.25) is 0 Å². The normalized spacial score (nSPS) is 13.9. The average Bonchev–Trinajstić information content (AvgIpc) is 3.49. The summed E-state index contributed by atoms with van der Waals surface area (Å²) < 4.78 is 40.5. The number of halogens is 2. The molecule has 2 aromatic heterocycles. The third kappa shape index (κ3) is 4.79. The quantitative estimate of drug-likeness (QED) is 0.436. The van der Waals surface area contributed by atoms with E-state index in [0.29, 0.717) is 23.1 Å². The van der Waals surface area contributed by atoms with Gasteiger partial charge in [0.2, 0.25) is 0 Å². The molecule has 0 radical (unpaired) electrons. The lowest BCUT2D eigenvalue weighted by molar-refractivity contribution is -0.126. The third-order valence-electron chi connectivity index (χ3n) is 5.28. The van der Waals surface area contributed by atoms with E-state index >= 15 is 0 Å². The second-order valence-corrected chi connectivity index (χ2v) is 7.46. The van der Waals surface area contributed by atoms with Crippen LogP contribution >= 0.6 is 0 Å². The molecule has 33 heavy (non-hydrogen) atoms. The summed E-state index contributed by atoms with van der Waals surface area (Å²) in [4.78, 5) is 3.84. The van der Waals surface area contributed by atoms with Gasteiger partial charge in [-0.25, -0.2) is 18.4 Å². The van der Waals surface area contributed by atoms with E-state index in [4.69, 9.17) is 14.5 Å². The molecule has 1 N–H and O–H groups in total. The molecular formula is C23H19F2N5O3. The molecule has 0 spiro atoms. The van der Waals surface area contributed by atoms with Crippen molar-refractivity contribution < 1.29 is 23.1 Å². The maximum absolute atomic E-state index is 14.6. The van der Waals surface area contributed by atoms with E-state index in [2.05, 4.69) is 15.2 Å². The van der Waals surface area contributed by atoms with Gasteiger partial charge in [-0.05, 0) is 25.1 Å². The summed E-state index contributed by atoms with van der Waals surface area (Å²) in [6.45, 7) is 1.33. The highest BCUT2D eigenvalue weighted by Gasteiger charge is 2.40.